The minimum absolute atomic E-state index is 0.0853. The topological polar surface area (TPSA) is 45.9 Å². The Labute approximate surface area is 117 Å². The number of hydrogen-bond acceptors (Lipinski definition) is 4. The molecule has 1 unspecified atom stereocenters. The molecule has 1 heterocycles. The zero-order valence-electron chi connectivity index (χ0n) is 11.1. The van der Waals surface area contributed by atoms with E-state index in [1.807, 2.05) is 36.6 Å². The number of hydrogen-bond donors (Lipinski definition) is 0. The van der Waals surface area contributed by atoms with Crippen LogP contribution in [-0.4, -0.2) is 11.6 Å². The molecule has 19 heavy (non-hydrogen) atoms. The van der Waals surface area contributed by atoms with Crippen LogP contribution in [0.3, 0.4) is 0 Å². The van der Waals surface area contributed by atoms with Gasteiger partial charge in [-0.15, -0.1) is 11.3 Å². The molecule has 0 aliphatic rings. The van der Waals surface area contributed by atoms with E-state index in [4.69, 9.17) is 10.00 Å². The quantitative estimate of drug-likeness (QED) is 0.820. The average molecular weight is 272 g/mol. The standard InChI is InChI=1S/C15H16N2OS/c1-3-14(18-4-2)15-17-13(10-19-15)12-7-5-11(9-16)6-8-12/h5-8,10,14H,3-4H2,1-2H3. The largest absolute Gasteiger partial charge is 0.371 e. The van der Waals surface area contributed by atoms with Gasteiger partial charge in [-0.1, -0.05) is 19.1 Å². The van der Waals surface area contributed by atoms with Crippen LogP contribution >= 0.6 is 11.3 Å². The van der Waals surface area contributed by atoms with Gasteiger partial charge in [-0.05, 0) is 25.5 Å². The summed E-state index contributed by atoms with van der Waals surface area (Å²) >= 11 is 1.63. The first kappa shape index (κ1) is 13.7. The van der Waals surface area contributed by atoms with Crippen LogP contribution in [0.2, 0.25) is 0 Å². The highest BCUT2D eigenvalue weighted by Gasteiger charge is 2.14. The number of aromatic nitrogens is 1. The Morgan fingerprint density at radius 3 is 2.63 bits per heavy atom. The van der Waals surface area contributed by atoms with Gasteiger partial charge in [0.25, 0.3) is 0 Å². The lowest BCUT2D eigenvalue weighted by Gasteiger charge is -2.11. The molecule has 0 saturated carbocycles. The second kappa shape index (κ2) is 6.46. The van der Waals surface area contributed by atoms with Crippen molar-refractivity contribution in [3.05, 3.63) is 40.2 Å². The van der Waals surface area contributed by atoms with Gasteiger partial charge in [0.2, 0.25) is 0 Å². The molecule has 1 atom stereocenters. The van der Waals surface area contributed by atoms with Gasteiger partial charge in [0, 0.05) is 17.6 Å². The van der Waals surface area contributed by atoms with E-state index in [1.165, 1.54) is 0 Å². The fourth-order valence-electron chi connectivity index (χ4n) is 1.85. The highest BCUT2D eigenvalue weighted by molar-refractivity contribution is 7.10. The van der Waals surface area contributed by atoms with Crippen LogP contribution in [0.1, 0.15) is 36.9 Å². The van der Waals surface area contributed by atoms with Crippen LogP contribution in [0.5, 0.6) is 0 Å². The van der Waals surface area contributed by atoms with Gasteiger partial charge in [-0.3, -0.25) is 0 Å². The predicted octanol–water partition coefficient (Wildman–Crippen LogP) is 4.17. The summed E-state index contributed by atoms with van der Waals surface area (Å²) in [5, 5.41) is 11.8. The zero-order valence-corrected chi connectivity index (χ0v) is 11.9. The summed E-state index contributed by atoms with van der Waals surface area (Å²) in [4.78, 5) is 4.64. The van der Waals surface area contributed by atoms with E-state index in [0.29, 0.717) is 12.2 Å². The highest BCUT2D eigenvalue weighted by atomic mass is 32.1. The Morgan fingerprint density at radius 2 is 2.05 bits per heavy atom. The highest BCUT2D eigenvalue weighted by Crippen LogP contribution is 2.29. The molecule has 0 aliphatic heterocycles. The van der Waals surface area contributed by atoms with E-state index in [0.717, 1.165) is 22.7 Å². The zero-order chi connectivity index (χ0) is 13.7. The number of nitrogens with zero attached hydrogens (tertiary/aromatic N) is 2. The molecule has 0 spiro atoms. The van der Waals surface area contributed by atoms with Gasteiger partial charge in [0.1, 0.15) is 11.1 Å². The van der Waals surface area contributed by atoms with Crippen molar-refractivity contribution in [2.75, 3.05) is 6.61 Å². The minimum Gasteiger partial charge on any atom is -0.371 e. The van der Waals surface area contributed by atoms with Gasteiger partial charge >= 0.3 is 0 Å². The molecule has 1 aromatic carbocycles. The minimum atomic E-state index is 0.0853. The normalized spacial score (nSPS) is 12.1. The molecular formula is C15H16N2OS. The summed E-state index contributed by atoms with van der Waals surface area (Å²) in [6, 6.07) is 9.60. The summed E-state index contributed by atoms with van der Waals surface area (Å²) < 4.78 is 5.67. The first-order valence-corrected chi connectivity index (χ1v) is 7.24. The van der Waals surface area contributed by atoms with Crippen molar-refractivity contribution in [2.24, 2.45) is 0 Å². The van der Waals surface area contributed by atoms with E-state index in [-0.39, 0.29) is 6.10 Å². The molecule has 2 rings (SSSR count). The summed E-state index contributed by atoms with van der Waals surface area (Å²) in [5.74, 6) is 0. The Balaban J connectivity index is 2.22. The Bertz CT molecular complexity index is 569. The Kier molecular flexibility index (Phi) is 4.67. The van der Waals surface area contributed by atoms with Crippen LogP contribution in [0.15, 0.2) is 29.6 Å². The summed E-state index contributed by atoms with van der Waals surface area (Å²) in [5.41, 5.74) is 2.65. The lowest BCUT2D eigenvalue weighted by Crippen LogP contribution is -2.02. The molecule has 3 nitrogen and oxygen atoms in total. The third kappa shape index (κ3) is 3.19. The first-order chi connectivity index (χ1) is 9.28. The third-order valence-electron chi connectivity index (χ3n) is 2.85. The lowest BCUT2D eigenvalue weighted by molar-refractivity contribution is 0.0597. The number of rotatable bonds is 5. The fraction of sp³-hybridized carbons (Fsp3) is 0.333. The van der Waals surface area contributed by atoms with Crippen molar-refractivity contribution in [3.63, 3.8) is 0 Å². The number of benzene rings is 1. The second-order valence-electron chi connectivity index (χ2n) is 4.11. The van der Waals surface area contributed by atoms with Crippen molar-refractivity contribution < 1.29 is 4.74 Å². The van der Waals surface area contributed by atoms with Crippen molar-refractivity contribution in [3.8, 4) is 17.3 Å². The van der Waals surface area contributed by atoms with Crippen LogP contribution in [0.25, 0.3) is 11.3 Å². The van der Waals surface area contributed by atoms with Gasteiger partial charge in [-0.2, -0.15) is 5.26 Å². The van der Waals surface area contributed by atoms with Crippen molar-refractivity contribution in [2.45, 2.75) is 26.4 Å². The molecule has 2 aromatic rings. The maximum absolute atomic E-state index is 8.79. The van der Waals surface area contributed by atoms with Crippen molar-refractivity contribution in [1.29, 1.82) is 5.26 Å². The van der Waals surface area contributed by atoms with Gasteiger partial charge in [0.15, 0.2) is 0 Å². The van der Waals surface area contributed by atoms with E-state index in [1.54, 1.807) is 11.3 Å². The maximum atomic E-state index is 8.79. The molecule has 0 bridgehead atoms. The van der Waals surface area contributed by atoms with Crippen LogP contribution in [0.4, 0.5) is 0 Å². The maximum Gasteiger partial charge on any atom is 0.122 e. The molecule has 1 aromatic heterocycles. The number of nitriles is 1. The third-order valence-corrected chi connectivity index (χ3v) is 3.78. The average Bonchev–Trinajstić information content (AvgIpc) is 2.94. The van der Waals surface area contributed by atoms with Crippen molar-refractivity contribution in [1.82, 2.24) is 4.98 Å². The van der Waals surface area contributed by atoms with E-state index in [9.17, 15) is 0 Å². The van der Waals surface area contributed by atoms with E-state index < -0.39 is 0 Å². The SMILES string of the molecule is CCOC(CC)c1nc(-c2ccc(C#N)cc2)cs1. The van der Waals surface area contributed by atoms with Crippen LogP contribution in [0, 0.1) is 11.3 Å². The molecule has 4 heteroatoms. The molecule has 0 aliphatic carbocycles. The molecule has 98 valence electrons. The second-order valence-corrected chi connectivity index (χ2v) is 5.00. The van der Waals surface area contributed by atoms with Gasteiger partial charge in [0.05, 0.1) is 17.3 Å². The predicted molar refractivity (Wildman–Crippen MR) is 76.9 cm³/mol. The smallest absolute Gasteiger partial charge is 0.122 e. The fourth-order valence-corrected chi connectivity index (χ4v) is 2.81. The number of ether oxygens (including phenoxy) is 1. The molecule has 0 saturated heterocycles. The van der Waals surface area contributed by atoms with Crippen LogP contribution in [-0.2, 0) is 4.74 Å². The van der Waals surface area contributed by atoms with Crippen LogP contribution < -0.4 is 0 Å². The Morgan fingerprint density at radius 1 is 1.32 bits per heavy atom. The summed E-state index contributed by atoms with van der Waals surface area (Å²) in [7, 11) is 0. The molecule has 0 amide bonds. The molecular weight excluding hydrogens is 256 g/mol. The summed E-state index contributed by atoms with van der Waals surface area (Å²) in [6.45, 7) is 4.80. The van der Waals surface area contributed by atoms with E-state index in [2.05, 4.69) is 18.0 Å². The number of thiazole rings is 1. The monoisotopic (exact) mass is 272 g/mol. The molecule has 0 N–H and O–H groups in total. The molecule has 0 fully saturated rings. The van der Waals surface area contributed by atoms with Gasteiger partial charge in [-0.25, -0.2) is 4.98 Å². The summed E-state index contributed by atoms with van der Waals surface area (Å²) in [6.07, 6.45) is 1.01. The Hall–Kier alpha value is -1.70. The molecule has 0 radical (unpaired) electrons. The lowest BCUT2D eigenvalue weighted by atomic mass is 10.1. The van der Waals surface area contributed by atoms with E-state index >= 15 is 0 Å². The van der Waals surface area contributed by atoms with Gasteiger partial charge < -0.3 is 4.74 Å². The first-order valence-electron chi connectivity index (χ1n) is 6.36. The van der Waals surface area contributed by atoms with Crippen molar-refractivity contribution >= 4 is 11.3 Å².